The molecule has 4 N–H and O–H groups in total. The number of allylic oxidation sites excluding steroid dienone is 1. The maximum Gasteiger partial charge on any atom is 0.244 e. The Balaban J connectivity index is 1.69. The first-order valence-electron chi connectivity index (χ1n) is 10.6. The van der Waals surface area contributed by atoms with Crippen LogP contribution in [0.1, 0.15) is 12.5 Å². The molecule has 4 rings (SSSR count). The fraction of sp³-hybridized carbons (Fsp3) is 0.200. The number of nitrogens with zero attached hydrogens (tertiary/aromatic N) is 1. The molecule has 0 saturated heterocycles. The van der Waals surface area contributed by atoms with Crippen LogP contribution in [0.25, 0.3) is 22.0 Å². The monoisotopic (exact) mass is 448 g/mol. The number of alkyl halides is 1. The van der Waals surface area contributed by atoms with Crippen molar-refractivity contribution in [2.24, 2.45) is 5.73 Å². The summed E-state index contributed by atoms with van der Waals surface area (Å²) < 4.78 is 20.4. The van der Waals surface area contributed by atoms with E-state index in [4.69, 9.17) is 10.5 Å². The van der Waals surface area contributed by atoms with Gasteiger partial charge in [-0.05, 0) is 59.5 Å². The van der Waals surface area contributed by atoms with E-state index in [1.165, 1.54) is 18.2 Å². The average molecular weight is 448 g/mol. The zero-order chi connectivity index (χ0) is 23.5. The van der Waals surface area contributed by atoms with Crippen LogP contribution in [0, 0.1) is 0 Å². The second kappa shape index (κ2) is 9.20. The maximum absolute atomic E-state index is 13.3. The summed E-state index contributed by atoms with van der Waals surface area (Å²) in [4.78, 5) is 25.1. The van der Waals surface area contributed by atoms with E-state index in [2.05, 4.69) is 17.6 Å². The second-order valence-electron chi connectivity index (χ2n) is 7.70. The number of methoxy groups -OCH3 is 1. The van der Waals surface area contributed by atoms with Gasteiger partial charge in [0.1, 0.15) is 18.1 Å². The lowest BCUT2D eigenvalue weighted by atomic mass is 9.96. The molecule has 2 aromatic carbocycles. The first kappa shape index (κ1) is 22.1. The van der Waals surface area contributed by atoms with E-state index in [1.807, 2.05) is 30.3 Å². The van der Waals surface area contributed by atoms with Gasteiger partial charge in [-0.2, -0.15) is 0 Å². The number of nitrogens with two attached hydrogens (primary N) is 1. The number of amides is 1. The maximum atomic E-state index is 13.3. The third-order valence-corrected chi connectivity index (χ3v) is 5.59. The van der Waals surface area contributed by atoms with E-state index in [1.54, 1.807) is 23.9 Å². The number of carbonyl (C=O) groups is 1. The lowest BCUT2D eigenvalue weighted by molar-refractivity contribution is -0.120. The Kier molecular flexibility index (Phi) is 6.17. The number of carbonyl (C=O) groups excluding carboxylic acids is 1. The second-order valence-corrected chi connectivity index (χ2v) is 7.70. The van der Waals surface area contributed by atoms with E-state index in [-0.39, 0.29) is 23.7 Å². The van der Waals surface area contributed by atoms with Crippen molar-refractivity contribution in [2.75, 3.05) is 7.11 Å². The Hall–Kier alpha value is -4.07. The summed E-state index contributed by atoms with van der Waals surface area (Å²) in [6, 6.07) is 12.9. The topological polar surface area (TPSA) is 98.4 Å². The largest absolute Gasteiger partial charge is 0.497 e. The van der Waals surface area contributed by atoms with Gasteiger partial charge in [-0.3, -0.25) is 9.59 Å². The van der Waals surface area contributed by atoms with Crippen molar-refractivity contribution in [3.8, 4) is 16.9 Å². The number of dihydropyridines is 1. The van der Waals surface area contributed by atoms with Gasteiger partial charge in [-0.15, -0.1) is 0 Å². The molecular weight excluding hydrogens is 423 g/mol. The summed E-state index contributed by atoms with van der Waals surface area (Å²) >= 11 is 0. The lowest BCUT2D eigenvalue weighted by Crippen LogP contribution is -2.37. The molecule has 2 heterocycles. The predicted octanol–water partition coefficient (Wildman–Crippen LogP) is 2.94. The Bertz CT molecular complexity index is 1340. The van der Waals surface area contributed by atoms with E-state index in [9.17, 15) is 14.0 Å². The molecule has 1 aliphatic rings. The molecule has 3 aromatic rings. The van der Waals surface area contributed by atoms with Gasteiger partial charge in [0.05, 0.1) is 18.3 Å². The minimum atomic E-state index is -1.39. The molecule has 0 aliphatic carbocycles. The lowest BCUT2D eigenvalue weighted by Gasteiger charge is -2.18. The summed E-state index contributed by atoms with van der Waals surface area (Å²) in [6.07, 6.45) is 3.69. The fourth-order valence-electron chi connectivity index (χ4n) is 3.88. The molecular formula is C25H25FN4O3. The number of pyridine rings is 1. The van der Waals surface area contributed by atoms with Gasteiger partial charge in [0.15, 0.2) is 11.7 Å². The van der Waals surface area contributed by atoms with Crippen molar-refractivity contribution >= 4 is 16.8 Å². The third-order valence-electron chi connectivity index (χ3n) is 5.59. The van der Waals surface area contributed by atoms with Crippen LogP contribution >= 0.6 is 0 Å². The van der Waals surface area contributed by atoms with Gasteiger partial charge in [0, 0.05) is 17.6 Å². The number of ether oxygens (including phenoxy) is 1. The third kappa shape index (κ3) is 4.59. The Morgan fingerprint density at radius 1 is 1.24 bits per heavy atom. The number of nitrogens with one attached hydrogen (secondary N) is 2. The molecule has 0 saturated carbocycles. The molecule has 1 aromatic heterocycles. The van der Waals surface area contributed by atoms with Crippen LogP contribution in [0.5, 0.6) is 5.75 Å². The Labute approximate surface area is 190 Å². The van der Waals surface area contributed by atoms with Gasteiger partial charge in [0.25, 0.3) is 0 Å². The number of aryl methyl sites for hydroxylation is 1. The number of aromatic nitrogens is 1. The quantitative estimate of drug-likeness (QED) is 0.504. The van der Waals surface area contributed by atoms with E-state index in [0.717, 1.165) is 28.9 Å². The van der Waals surface area contributed by atoms with Crippen molar-refractivity contribution in [1.82, 2.24) is 15.2 Å². The predicted molar refractivity (Wildman–Crippen MR) is 126 cm³/mol. The van der Waals surface area contributed by atoms with Crippen LogP contribution in [-0.4, -0.2) is 23.9 Å². The van der Waals surface area contributed by atoms with Gasteiger partial charge < -0.3 is 25.7 Å². The van der Waals surface area contributed by atoms with Crippen LogP contribution in [0.15, 0.2) is 77.1 Å². The zero-order valence-corrected chi connectivity index (χ0v) is 18.4. The van der Waals surface area contributed by atoms with Crippen LogP contribution in [-0.2, 0) is 17.8 Å². The van der Waals surface area contributed by atoms with Crippen LogP contribution in [0.3, 0.4) is 0 Å². The Morgan fingerprint density at radius 2 is 2.06 bits per heavy atom. The summed E-state index contributed by atoms with van der Waals surface area (Å²) in [6.45, 7) is 2.02. The van der Waals surface area contributed by atoms with Gasteiger partial charge in [-0.25, -0.2) is 4.39 Å². The van der Waals surface area contributed by atoms with Crippen molar-refractivity contribution in [2.45, 2.75) is 26.2 Å². The summed E-state index contributed by atoms with van der Waals surface area (Å²) in [5.41, 5.74) is 9.64. The van der Waals surface area contributed by atoms with Crippen LogP contribution in [0.2, 0.25) is 0 Å². The molecule has 0 radical (unpaired) electrons. The molecule has 7 nitrogen and oxygen atoms in total. The standard InChI is InChI=1S/C25H25FN4O3/c1-3-15-12-17(33-2)5-7-18(15)16-4-6-19-21(13-16)30(11-10-22(19)31)14-24(32)28-20-8-9-23(26)29-25(20)27/h4-13,23,29H,3,14,27H2,1-2H3,(H,28,32). The number of rotatable bonds is 6. The minimum Gasteiger partial charge on any atom is -0.497 e. The van der Waals surface area contributed by atoms with Crippen LogP contribution < -0.4 is 26.5 Å². The molecule has 33 heavy (non-hydrogen) atoms. The molecule has 1 amide bonds. The van der Waals surface area contributed by atoms with Crippen molar-refractivity contribution in [1.29, 1.82) is 0 Å². The van der Waals surface area contributed by atoms with Crippen molar-refractivity contribution in [3.05, 3.63) is 88.1 Å². The smallest absolute Gasteiger partial charge is 0.244 e. The molecule has 170 valence electrons. The molecule has 8 heteroatoms. The first-order valence-corrected chi connectivity index (χ1v) is 10.6. The molecule has 0 spiro atoms. The average Bonchev–Trinajstić information content (AvgIpc) is 2.82. The zero-order valence-electron chi connectivity index (χ0n) is 18.4. The molecule has 0 fully saturated rings. The SMILES string of the molecule is CCc1cc(OC)ccc1-c1ccc2c(=O)ccn(CC(=O)NC3=C(N)NC(F)C=C3)c2c1. The minimum absolute atomic E-state index is 0.0485. The normalized spacial score (nSPS) is 15.4. The van der Waals surface area contributed by atoms with Gasteiger partial charge in [-0.1, -0.05) is 19.1 Å². The van der Waals surface area contributed by atoms with Gasteiger partial charge >= 0.3 is 0 Å². The number of hydrogen-bond donors (Lipinski definition) is 3. The molecule has 1 aliphatic heterocycles. The van der Waals surface area contributed by atoms with Gasteiger partial charge in [0.2, 0.25) is 5.91 Å². The summed E-state index contributed by atoms with van der Waals surface area (Å²) in [7, 11) is 1.63. The number of benzene rings is 2. The van der Waals surface area contributed by atoms with E-state index < -0.39 is 6.30 Å². The molecule has 1 unspecified atom stereocenters. The van der Waals surface area contributed by atoms with E-state index >= 15 is 0 Å². The highest BCUT2D eigenvalue weighted by Crippen LogP contribution is 2.29. The molecule has 0 bridgehead atoms. The number of fused-ring (bicyclic) bond motifs is 1. The summed E-state index contributed by atoms with van der Waals surface area (Å²) in [5.74, 6) is 0.478. The molecule has 1 atom stereocenters. The highest BCUT2D eigenvalue weighted by atomic mass is 19.1. The fourth-order valence-corrected chi connectivity index (χ4v) is 3.88. The van der Waals surface area contributed by atoms with E-state index in [0.29, 0.717) is 16.6 Å². The number of hydrogen-bond acceptors (Lipinski definition) is 5. The van der Waals surface area contributed by atoms with Crippen LogP contribution in [0.4, 0.5) is 4.39 Å². The Morgan fingerprint density at radius 3 is 2.79 bits per heavy atom. The van der Waals surface area contributed by atoms with Crippen molar-refractivity contribution < 1.29 is 13.9 Å². The highest BCUT2D eigenvalue weighted by Gasteiger charge is 2.15. The summed E-state index contributed by atoms with van der Waals surface area (Å²) in [5, 5.41) is 5.61. The first-order chi connectivity index (χ1) is 15.9. The number of halogens is 1. The van der Waals surface area contributed by atoms with Crippen molar-refractivity contribution in [3.63, 3.8) is 0 Å². The highest BCUT2D eigenvalue weighted by molar-refractivity contribution is 5.87.